The maximum atomic E-state index is 9.05. The number of nitrogens with zero attached hydrogens (tertiary/aromatic N) is 3. The van der Waals surface area contributed by atoms with Crippen molar-refractivity contribution in [3.05, 3.63) is 28.2 Å². The van der Waals surface area contributed by atoms with Crippen molar-refractivity contribution in [1.29, 1.82) is 5.26 Å². The molecule has 1 saturated heterocycles. The summed E-state index contributed by atoms with van der Waals surface area (Å²) in [5.74, 6) is 0. The summed E-state index contributed by atoms with van der Waals surface area (Å²) in [7, 11) is 2.13. The van der Waals surface area contributed by atoms with Crippen LogP contribution in [0.3, 0.4) is 0 Å². The zero-order valence-electron chi connectivity index (χ0n) is 11.6. The second-order valence-corrected chi connectivity index (χ2v) is 6.00. The number of halogens is 1. The lowest BCUT2D eigenvalue weighted by Crippen LogP contribution is -2.43. The van der Waals surface area contributed by atoms with Crippen molar-refractivity contribution in [3.63, 3.8) is 0 Å². The lowest BCUT2D eigenvalue weighted by molar-refractivity contribution is 0.221. The van der Waals surface area contributed by atoms with Crippen molar-refractivity contribution in [3.8, 4) is 6.07 Å². The Morgan fingerprint density at radius 1 is 1.37 bits per heavy atom. The Kier molecular flexibility index (Phi) is 4.84. The highest BCUT2D eigenvalue weighted by Crippen LogP contribution is 2.26. The summed E-state index contributed by atoms with van der Waals surface area (Å²) in [6.45, 7) is 5.71. The van der Waals surface area contributed by atoms with Crippen LogP contribution in [0.4, 0.5) is 5.69 Å². The highest BCUT2D eigenvalue weighted by molar-refractivity contribution is 9.10. The fourth-order valence-corrected chi connectivity index (χ4v) is 3.16. The molecule has 2 rings (SSSR count). The monoisotopic (exact) mass is 321 g/mol. The van der Waals surface area contributed by atoms with Gasteiger partial charge in [-0.15, -0.1) is 0 Å². The Morgan fingerprint density at radius 3 is 2.63 bits per heavy atom. The van der Waals surface area contributed by atoms with E-state index in [9.17, 15) is 0 Å². The summed E-state index contributed by atoms with van der Waals surface area (Å²) < 4.78 is 0.972. The van der Waals surface area contributed by atoms with E-state index in [1.165, 1.54) is 25.9 Å². The zero-order chi connectivity index (χ0) is 13.8. The first-order valence-corrected chi connectivity index (χ1v) is 7.59. The van der Waals surface area contributed by atoms with Crippen LogP contribution in [0.15, 0.2) is 22.7 Å². The predicted molar refractivity (Wildman–Crippen MR) is 82.4 cm³/mol. The number of nitriles is 1. The van der Waals surface area contributed by atoms with Crippen molar-refractivity contribution in [1.82, 2.24) is 4.90 Å². The molecule has 1 aromatic rings. The average molecular weight is 322 g/mol. The Labute approximate surface area is 123 Å². The number of benzene rings is 1. The Morgan fingerprint density at radius 2 is 2.05 bits per heavy atom. The molecule has 0 saturated carbocycles. The molecule has 1 aromatic carbocycles. The maximum absolute atomic E-state index is 9.05. The summed E-state index contributed by atoms with van der Waals surface area (Å²) >= 11 is 3.48. The molecule has 1 heterocycles. The van der Waals surface area contributed by atoms with Gasteiger partial charge in [-0.05, 0) is 37.6 Å². The number of piperidine rings is 1. The van der Waals surface area contributed by atoms with E-state index in [2.05, 4.69) is 51.8 Å². The van der Waals surface area contributed by atoms with Gasteiger partial charge in [-0.2, -0.15) is 5.26 Å². The standard InChI is InChI=1S/C15H20BrN3/c1-3-19-6-4-14(5-7-19)18(2)15-9-12(11-17)8-13(16)10-15/h8-10,14H,3-7H2,1-2H3. The number of anilines is 1. The molecule has 4 heteroatoms. The molecule has 0 unspecified atom stereocenters. The van der Waals surface area contributed by atoms with E-state index in [-0.39, 0.29) is 0 Å². The zero-order valence-corrected chi connectivity index (χ0v) is 13.2. The number of hydrogen-bond acceptors (Lipinski definition) is 3. The third-order valence-electron chi connectivity index (χ3n) is 3.97. The molecule has 0 aromatic heterocycles. The van der Waals surface area contributed by atoms with Gasteiger partial charge in [0.2, 0.25) is 0 Å². The summed E-state index contributed by atoms with van der Waals surface area (Å²) in [5, 5.41) is 9.05. The SMILES string of the molecule is CCN1CCC(N(C)c2cc(Br)cc(C#N)c2)CC1. The Balaban J connectivity index is 2.10. The Hall–Kier alpha value is -1.05. The molecule has 1 fully saturated rings. The quantitative estimate of drug-likeness (QED) is 0.856. The van der Waals surface area contributed by atoms with Crippen molar-refractivity contribution in [2.75, 3.05) is 31.6 Å². The largest absolute Gasteiger partial charge is 0.371 e. The molecule has 102 valence electrons. The van der Waals surface area contributed by atoms with E-state index in [4.69, 9.17) is 5.26 Å². The van der Waals surface area contributed by atoms with E-state index in [0.29, 0.717) is 11.6 Å². The van der Waals surface area contributed by atoms with Crippen molar-refractivity contribution in [2.45, 2.75) is 25.8 Å². The Bertz CT molecular complexity index is 473. The van der Waals surface area contributed by atoms with E-state index in [1.807, 2.05) is 12.1 Å². The third-order valence-corrected chi connectivity index (χ3v) is 4.43. The second-order valence-electron chi connectivity index (χ2n) is 5.09. The molecule has 3 nitrogen and oxygen atoms in total. The highest BCUT2D eigenvalue weighted by atomic mass is 79.9. The van der Waals surface area contributed by atoms with Gasteiger partial charge in [0.1, 0.15) is 0 Å². The van der Waals surface area contributed by atoms with Crippen LogP contribution < -0.4 is 4.90 Å². The predicted octanol–water partition coefficient (Wildman–Crippen LogP) is 3.24. The molecular formula is C15H20BrN3. The lowest BCUT2D eigenvalue weighted by Gasteiger charge is -2.37. The van der Waals surface area contributed by atoms with Crippen LogP contribution in [0.1, 0.15) is 25.3 Å². The number of rotatable bonds is 3. The van der Waals surface area contributed by atoms with E-state index in [1.54, 1.807) is 0 Å². The number of likely N-dealkylation sites (tertiary alicyclic amines) is 1. The van der Waals surface area contributed by atoms with Crippen molar-refractivity contribution < 1.29 is 0 Å². The molecule has 0 aliphatic carbocycles. The minimum absolute atomic E-state index is 0.573. The molecule has 1 aliphatic rings. The molecule has 0 radical (unpaired) electrons. The van der Waals surface area contributed by atoms with Gasteiger partial charge in [-0.3, -0.25) is 0 Å². The highest BCUT2D eigenvalue weighted by Gasteiger charge is 2.22. The minimum atomic E-state index is 0.573. The fourth-order valence-electron chi connectivity index (χ4n) is 2.68. The second kappa shape index (κ2) is 6.40. The lowest BCUT2D eigenvalue weighted by atomic mass is 10.0. The van der Waals surface area contributed by atoms with Gasteiger partial charge < -0.3 is 9.80 Å². The van der Waals surface area contributed by atoms with Crippen LogP contribution in [0.2, 0.25) is 0 Å². The molecule has 1 aliphatic heterocycles. The fraction of sp³-hybridized carbons (Fsp3) is 0.533. The molecule has 0 spiro atoms. The van der Waals surface area contributed by atoms with Crippen LogP contribution in [-0.4, -0.2) is 37.6 Å². The smallest absolute Gasteiger partial charge is 0.0992 e. The van der Waals surface area contributed by atoms with Gasteiger partial charge >= 0.3 is 0 Å². The third kappa shape index (κ3) is 3.49. The molecule has 0 N–H and O–H groups in total. The van der Waals surface area contributed by atoms with Gasteiger partial charge in [-0.25, -0.2) is 0 Å². The van der Waals surface area contributed by atoms with Gasteiger partial charge in [0, 0.05) is 36.3 Å². The van der Waals surface area contributed by atoms with Gasteiger partial charge in [-0.1, -0.05) is 22.9 Å². The van der Waals surface area contributed by atoms with Crippen LogP contribution in [0.25, 0.3) is 0 Å². The van der Waals surface area contributed by atoms with E-state index >= 15 is 0 Å². The van der Waals surface area contributed by atoms with E-state index < -0.39 is 0 Å². The summed E-state index contributed by atoms with van der Waals surface area (Å²) in [6, 6.07) is 8.71. The van der Waals surface area contributed by atoms with Crippen molar-refractivity contribution in [2.24, 2.45) is 0 Å². The van der Waals surface area contributed by atoms with Gasteiger partial charge in [0.05, 0.1) is 11.6 Å². The van der Waals surface area contributed by atoms with E-state index in [0.717, 1.165) is 16.7 Å². The topological polar surface area (TPSA) is 30.3 Å². The normalized spacial score (nSPS) is 17.2. The molecule has 0 atom stereocenters. The van der Waals surface area contributed by atoms with Crippen LogP contribution in [0.5, 0.6) is 0 Å². The summed E-state index contributed by atoms with van der Waals surface area (Å²) in [6.07, 6.45) is 2.39. The van der Waals surface area contributed by atoms with Crippen LogP contribution in [0, 0.1) is 11.3 Å². The first kappa shape index (κ1) is 14.4. The molecule has 0 amide bonds. The summed E-state index contributed by atoms with van der Waals surface area (Å²) in [4.78, 5) is 4.81. The van der Waals surface area contributed by atoms with Crippen LogP contribution in [-0.2, 0) is 0 Å². The average Bonchev–Trinajstić information content (AvgIpc) is 2.46. The molecule has 0 bridgehead atoms. The summed E-state index contributed by atoms with van der Waals surface area (Å²) in [5.41, 5.74) is 1.84. The first-order chi connectivity index (χ1) is 9.13. The number of hydrogen-bond donors (Lipinski definition) is 0. The van der Waals surface area contributed by atoms with Crippen molar-refractivity contribution >= 4 is 21.6 Å². The first-order valence-electron chi connectivity index (χ1n) is 6.80. The van der Waals surface area contributed by atoms with Crippen LogP contribution >= 0.6 is 15.9 Å². The minimum Gasteiger partial charge on any atom is -0.371 e. The van der Waals surface area contributed by atoms with Gasteiger partial charge in [0.25, 0.3) is 0 Å². The molecular weight excluding hydrogens is 302 g/mol. The van der Waals surface area contributed by atoms with Gasteiger partial charge in [0.15, 0.2) is 0 Å². The molecule has 19 heavy (non-hydrogen) atoms. The maximum Gasteiger partial charge on any atom is 0.0992 e.